The topological polar surface area (TPSA) is 125 Å². The van der Waals surface area contributed by atoms with E-state index in [1.165, 1.54) is 23.8 Å². The lowest BCUT2D eigenvalue weighted by atomic mass is 9.85. The number of carbonyl (C=O) groups excluding carboxylic acids is 1. The minimum absolute atomic E-state index is 0.281. The second-order valence-electron chi connectivity index (χ2n) is 7.79. The molecule has 10 heteroatoms. The maximum Gasteiger partial charge on any atom is 0.303 e. The lowest BCUT2D eigenvalue weighted by molar-refractivity contribution is -0.163. The second-order valence-corrected chi connectivity index (χ2v) is 9.44. The molecular weight excluding hydrogens is 424 g/mol. The van der Waals surface area contributed by atoms with E-state index < -0.39 is 39.4 Å². The van der Waals surface area contributed by atoms with Gasteiger partial charge >= 0.3 is 5.97 Å². The molecule has 2 atom stereocenters. The van der Waals surface area contributed by atoms with Gasteiger partial charge in [0.05, 0.1) is 24.5 Å². The van der Waals surface area contributed by atoms with Crippen molar-refractivity contribution >= 4 is 16.1 Å². The fourth-order valence-electron chi connectivity index (χ4n) is 3.53. The van der Waals surface area contributed by atoms with Gasteiger partial charge in [0.2, 0.25) is 0 Å². The Morgan fingerprint density at radius 2 is 2.00 bits per heavy atom. The molecule has 0 spiro atoms. The van der Waals surface area contributed by atoms with Gasteiger partial charge in [0.25, 0.3) is 15.7 Å². The highest BCUT2D eigenvalue weighted by atomic mass is 32.2. The van der Waals surface area contributed by atoms with E-state index in [0.29, 0.717) is 22.4 Å². The van der Waals surface area contributed by atoms with Crippen molar-refractivity contribution in [2.45, 2.75) is 45.1 Å². The van der Waals surface area contributed by atoms with Crippen molar-refractivity contribution in [3.05, 3.63) is 63.6 Å². The highest BCUT2D eigenvalue weighted by Crippen LogP contribution is 2.43. The molecule has 1 aliphatic heterocycles. The standard InChI is InChI=1S/C21H22N2O7S/c1-13(24)29-20-19(16-9-14(11-22)5-6-17(16)30-21(20,2)3)23-8-7-15(10-18(23)25)12-28-31(4,26)27/h5-10,19-20H,12H2,1-4H3. The number of hydrogen-bond acceptors (Lipinski definition) is 8. The Bertz CT molecular complexity index is 1230. The summed E-state index contributed by atoms with van der Waals surface area (Å²) in [5.74, 6) is -0.0772. The Balaban J connectivity index is 2.14. The van der Waals surface area contributed by atoms with Crippen LogP contribution in [0, 0.1) is 11.3 Å². The molecule has 0 fully saturated rings. The molecule has 0 saturated carbocycles. The maximum absolute atomic E-state index is 13.0. The van der Waals surface area contributed by atoms with Crippen LogP contribution in [0.1, 0.15) is 43.5 Å². The predicted octanol–water partition coefficient (Wildman–Crippen LogP) is 1.89. The molecule has 1 aliphatic rings. The molecule has 31 heavy (non-hydrogen) atoms. The van der Waals surface area contributed by atoms with Gasteiger partial charge in [0.1, 0.15) is 17.4 Å². The van der Waals surface area contributed by atoms with Crippen LogP contribution in [0.2, 0.25) is 0 Å². The van der Waals surface area contributed by atoms with Crippen molar-refractivity contribution in [2.24, 2.45) is 0 Å². The Morgan fingerprint density at radius 1 is 1.29 bits per heavy atom. The van der Waals surface area contributed by atoms with E-state index in [1.54, 1.807) is 38.1 Å². The number of benzene rings is 1. The minimum Gasteiger partial charge on any atom is -0.484 e. The number of carbonyl (C=O) groups is 1. The highest BCUT2D eigenvalue weighted by molar-refractivity contribution is 7.85. The second kappa shape index (κ2) is 8.17. The predicted molar refractivity (Wildman–Crippen MR) is 110 cm³/mol. The average molecular weight is 446 g/mol. The molecular formula is C21H22N2O7S. The summed E-state index contributed by atoms with van der Waals surface area (Å²) >= 11 is 0. The van der Waals surface area contributed by atoms with Gasteiger partial charge in [-0.05, 0) is 43.7 Å². The summed E-state index contributed by atoms with van der Waals surface area (Å²) in [4.78, 5) is 24.8. The number of nitriles is 1. The first-order valence-corrected chi connectivity index (χ1v) is 11.2. The number of pyridine rings is 1. The van der Waals surface area contributed by atoms with Crippen LogP contribution >= 0.6 is 0 Å². The molecule has 2 unspecified atom stereocenters. The number of aromatic nitrogens is 1. The summed E-state index contributed by atoms with van der Waals surface area (Å²) < 4.78 is 40.2. The zero-order valence-electron chi connectivity index (χ0n) is 17.5. The third kappa shape index (κ3) is 4.95. The van der Waals surface area contributed by atoms with Crippen LogP contribution in [0.15, 0.2) is 41.3 Å². The molecule has 0 saturated heterocycles. The number of ether oxygens (including phenoxy) is 2. The van der Waals surface area contributed by atoms with Gasteiger partial charge in [-0.1, -0.05) is 0 Å². The van der Waals surface area contributed by atoms with E-state index in [1.807, 2.05) is 0 Å². The zero-order valence-corrected chi connectivity index (χ0v) is 18.3. The Kier molecular flexibility index (Phi) is 5.93. The fourth-order valence-corrected chi connectivity index (χ4v) is 3.88. The normalized spacial score (nSPS) is 19.6. The van der Waals surface area contributed by atoms with E-state index in [-0.39, 0.29) is 6.61 Å². The highest BCUT2D eigenvalue weighted by Gasteiger charge is 2.47. The Hall–Kier alpha value is -3.16. The molecule has 3 rings (SSSR count). The quantitative estimate of drug-likeness (QED) is 0.504. The summed E-state index contributed by atoms with van der Waals surface area (Å²) in [5, 5.41) is 9.32. The third-order valence-corrected chi connectivity index (χ3v) is 5.39. The van der Waals surface area contributed by atoms with Crippen LogP contribution in [0.3, 0.4) is 0 Å². The van der Waals surface area contributed by atoms with E-state index >= 15 is 0 Å². The number of hydrogen-bond donors (Lipinski definition) is 0. The first kappa shape index (κ1) is 22.5. The summed E-state index contributed by atoms with van der Waals surface area (Å²) in [6.07, 6.45) is 1.53. The van der Waals surface area contributed by atoms with Crippen LogP contribution in [0.25, 0.3) is 0 Å². The molecule has 2 aromatic rings. The molecule has 1 aromatic heterocycles. The first-order chi connectivity index (χ1) is 14.4. The smallest absolute Gasteiger partial charge is 0.303 e. The van der Waals surface area contributed by atoms with Gasteiger partial charge in [0.15, 0.2) is 6.10 Å². The van der Waals surface area contributed by atoms with Crippen LogP contribution in [0.5, 0.6) is 5.75 Å². The van der Waals surface area contributed by atoms with Crippen LogP contribution in [-0.4, -0.2) is 36.9 Å². The van der Waals surface area contributed by atoms with Crippen molar-refractivity contribution in [1.29, 1.82) is 5.26 Å². The van der Waals surface area contributed by atoms with Crippen LogP contribution in [-0.2, 0) is 30.4 Å². The number of esters is 1. The summed E-state index contributed by atoms with van der Waals surface area (Å²) in [7, 11) is -3.66. The van der Waals surface area contributed by atoms with Crippen molar-refractivity contribution in [1.82, 2.24) is 4.57 Å². The van der Waals surface area contributed by atoms with E-state index in [2.05, 4.69) is 6.07 Å². The van der Waals surface area contributed by atoms with Crippen molar-refractivity contribution < 1.29 is 26.9 Å². The average Bonchev–Trinajstić information content (AvgIpc) is 2.66. The lowest BCUT2D eigenvalue weighted by Crippen LogP contribution is -2.54. The van der Waals surface area contributed by atoms with Crippen molar-refractivity contribution in [3.63, 3.8) is 0 Å². The monoisotopic (exact) mass is 446 g/mol. The number of fused-ring (bicyclic) bond motifs is 1. The zero-order chi connectivity index (χ0) is 23.0. The van der Waals surface area contributed by atoms with E-state index in [0.717, 1.165) is 6.26 Å². The van der Waals surface area contributed by atoms with Gasteiger partial charge < -0.3 is 14.0 Å². The van der Waals surface area contributed by atoms with Crippen LogP contribution in [0.4, 0.5) is 0 Å². The maximum atomic E-state index is 13.0. The van der Waals surface area contributed by atoms with E-state index in [9.17, 15) is 23.3 Å². The lowest BCUT2D eigenvalue weighted by Gasteiger charge is -2.44. The molecule has 0 N–H and O–H groups in total. The molecule has 0 bridgehead atoms. The summed E-state index contributed by atoms with van der Waals surface area (Å²) in [6, 6.07) is 8.94. The Labute approximate surface area is 179 Å². The van der Waals surface area contributed by atoms with Gasteiger partial charge in [-0.25, -0.2) is 0 Å². The van der Waals surface area contributed by atoms with Crippen LogP contribution < -0.4 is 10.3 Å². The Morgan fingerprint density at radius 3 is 2.58 bits per heavy atom. The number of rotatable bonds is 5. The molecule has 2 heterocycles. The summed E-state index contributed by atoms with van der Waals surface area (Å²) in [6.45, 7) is 4.47. The first-order valence-electron chi connectivity index (χ1n) is 9.37. The largest absolute Gasteiger partial charge is 0.484 e. The molecule has 0 radical (unpaired) electrons. The molecule has 0 amide bonds. The van der Waals surface area contributed by atoms with Gasteiger partial charge in [-0.2, -0.15) is 13.7 Å². The van der Waals surface area contributed by atoms with E-state index in [4.69, 9.17) is 13.7 Å². The van der Waals surface area contributed by atoms with Gasteiger partial charge in [-0.15, -0.1) is 0 Å². The minimum atomic E-state index is -3.66. The molecule has 9 nitrogen and oxygen atoms in total. The van der Waals surface area contributed by atoms with Gasteiger partial charge in [-0.3, -0.25) is 13.8 Å². The van der Waals surface area contributed by atoms with Crippen molar-refractivity contribution in [3.8, 4) is 11.8 Å². The van der Waals surface area contributed by atoms with Crippen molar-refractivity contribution in [2.75, 3.05) is 6.26 Å². The third-order valence-electron chi connectivity index (χ3n) is 4.85. The summed E-state index contributed by atoms with van der Waals surface area (Å²) in [5.41, 5.74) is -0.183. The fraction of sp³-hybridized carbons (Fsp3) is 0.381. The number of nitrogens with zero attached hydrogens (tertiary/aromatic N) is 2. The molecule has 0 aliphatic carbocycles. The molecule has 164 valence electrons. The molecule has 1 aromatic carbocycles. The van der Waals surface area contributed by atoms with Gasteiger partial charge in [0, 0.05) is 24.8 Å². The SMILES string of the molecule is CC(=O)OC1C(n2ccc(COS(C)(=O)=O)cc2=O)c2cc(C#N)ccc2OC1(C)C.